The smallest absolute Gasteiger partial charge is 0.184 e. The van der Waals surface area contributed by atoms with Gasteiger partial charge in [0.05, 0.1) is 5.60 Å². The first-order valence-electron chi connectivity index (χ1n) is 5.38. The highest BCUT2D eigenvalue weighted by Crippen LogP contribution is 2.33. The van der Waals surface area contributed by atoms with Crippen LogP contribution in [0.2, 0.25) is 19.6 Å². The molecule has 0 radical (unpaired) electrons. The fourth-order valence-corrected chi connectivity index (χ4v) is 3.78. The van der Waals surface area contributed by atoms with Gasteiger partial charge in [0.15, 0.2) is 8.32 Å². The van der Waals surface area contributed by atoms with Crippen molar-refractivity contribution in [3.05, 3.63) is 0 Å². The molecule has 1 aliphatic rings. The molecule has 0 bridgehead atoms. The van der Waals surface area contributed by atoms with Gasteiger partial charge in [-0.3, -0.25) is 0 Å². The minimum Gasteiger partial charge on any atom is -0.411 e. The molecule has 2 nitrogen and oxygen atoms in total. The maximum Gasteiger partial charge on any atom is 0.184 e. The van der Waals surface area contributed by atoms with Gasteiger partial charge in [-0.25, -0.2) is 0 Å². The van der Waals surface area contributed by atoms with E-state index in [-0.39, 0.29) is 5.60 Å². The second-order valence-corrected chi connectivity index (χ2v) is 9.59. The van der Waals surface area contributed by atoms with E-state index in [2.05, 4.69) is 19.6 Å². The first-order chi connectivity index (χ1) is 5.97. The van der Waals surface area contributed by atoms with Crippen LogP contribution in [-0.2, 0) is 4.43 Å². The summed E-state index contributed by atoms with van der Waals surface area (Å²) in [5.74, 6) is 0. The number of hydrogen-bond donors (Lipinski definition) is 1. The lowest BCUT2D eigenvalue weighted by atomic mass is 9.85. The third-order valence-corrected chi connectivity index (χ3v) is 3.70. The molecule has 0 spiro atoms. The van der Waals surface area contributed by atoms with Crippen LogP contribution in [0.1, 0.15) is 32.1 Å². The van der Waals surface area contributed by atoms with Gasteiger partial charge < -0.3 is 10.2 Å². The van der Waals surface area contributed by atoms with Gasteiger partial charge in [0, 0.05) is 6.54 Å². The molecule has 0 unspecified atom stereocenters. The maximum absolute atomic E-state index is 6.23. The zero-order valence-electron chi connectivity index (χ0n) is 9.23. The van der Waals surface area contributed by atoms with Crippen molar-refractivity contribution in [1.82, 2.24) is 0 Å². The topological polar surface area (TPSA) is 35.2 Å². The Balaban J connectivity index is 2.57. The average Bonchev–Trinajstić information content (AvgIpc) is 2.03. The standard InChI is InChI=1S/C10H23NOSi/c1-13(2,3)12-10(9-11)7-5-4-6-8-10/h4-9,11H2,1-3H3. The van der Waals surface area contributed by atoms with Gasteiger partial charge in [-0.05, 0) is 32.5 Å². The SMILES string of the molecule is C[Si](C)(C)OC1(CN)CCCCC1. The van der Waals surface area contributed by atoms with Crippen LogP contribution in [-0.4, -0.2) is 20.5 Å². The van der Waals surface area contributed by atoms with Crippen molar-refractivity contribution in [1.29, 1.82) is 0 Å². The zero-order valence-corrected chi connectivity index (χ0v) is 10.2. The summed E-state index contributed by atoms with van der Waals surface area (Å²) in [7, 11) is -1.42. The molecule has 1 saturated carbocycles. The molecule has 0 saturated heterocycles. The summed E-state index contributed by atoms with van der Waals surface area (Å²) in [5, 5.41) is 0. The van der Waals surface area contributed by atoms with E-state index in [1.54, 1.807) is 0 Å². The van der Waals surface area contributed by atoms with Crippen molar-refractivity contribution in [2.45, 2.75) is 57.3 Å². The lowest BCUT2D eigenvalue weighted by Gasteiger charge is -2.41. The van der Waals surface area contributed by atoms with Gasteiger partial charge in [-0.2, -0.15) is 0 Å². The van der Waals surface area contributed by atoms with Crippen molar-refractivity contribution >= 4 is 8.32 Å². The first-order valence-corrected chi connectivity index (χ1v) is 8.79. The molecule has 3 heteroatoms. The Hall–Kier alpha value is 0.137. The van der Waals surface area contributed by atoms with E-state index < -0.39 is 8.32 Å². The van der Waals surface area contributed by atoms with Crippen LogP contribution in [0.4, 0.5) is 0 Å². The summed E-state index contributed by atoms with van der Waals surface area (Å²) >= 11 is 0. The van der Waals surface area contributed by atoms with E-state index in [1.807, 2.05) is 0 Å². The summed E-state index contributed by atoms with van der Waals surface area (Å²) in [6, 6.07) is 0. The molecular formula is C10H23NOSi. The Morgan fingerprint density at radius 1 is 1.15 bits per heavy atom. The molecule has 0 aromatic heterocycles. The molecule has 0 heterocycles. The highest BCUT2D eigenvalue weighted by Gasteiger charge is 2.35. The van der Waals surface area contributed by atoms with Gasteiger partial charge in [0.2, 0.25) is 0 Å². The number of nitrogens with two attached hydrogens (primary N) is 1. The highest BCUT2D eigenvalue weighted by molar-refractivity contribution is 6.69. The van der Waals surface area contributed by atoms with Crippen molar-refractivity contribution in [3.8, 4) is 0 Å². The number of rotatable bonds is 3. The van der Waals surface area contributed by atoms with E-state index in [0.717, 1.165) is 0 Å². The molecule has 0 atom stereocenters. The van der Waals surface area contributed by atoms with Crippen LogP contribution in [0, 0.1) is 0 Å². The quantitative estimate of drug-likeness (QED) is 0.712. The van der Waals surface area contributed by atoms with Gasteiger partial charge in [-0.15, -0.1) is 0 Å². The average molecular weight is 201 g/mol. The molecule has 78 valence electrons. The molecule has 1 rings (SSSR count). The van der Waals surface area contributed by atoms with Gasteiger partial charge in [0.1, 0.15) is 0 Å². The molecule has 1 aliphatic carbocycles. The number of hydrogen-bond acceptors (Lipinski definition) is 2. The van der Waals surface area contributed by atoms with Crippen molar-refractivity contribution < 1.29 is 4.43 Å². The molecule has 0 aromatic carbocycles. The van der Waals surface area contributed by atoms with E-state index in [1.165, 1.54) is 32.1 Å². The van der Waals surface area contributed by atoms with Gasteiger partial charge in [0.25, 0.3) is 0 Å². The van der Waals surface area contributed by atoms with E-state index in [9.17, 15) is 0 Å². The fourth-order valence-electron chi connectivity index (χ4n) is 2.19. The minimum absolute atomic E-state index is 0.0444. The lowest BCUT2D eigenvalue weighted by Crippen LogP contribution is -2.49. The third-order valence-electron chi connectivity index (χ3n) is 2.66. The molecule has 0 amide bonds. The summed E-state index contributed by atoms with van der Waals surface area (Å²) < 4.78 is 6.23. The van der Waals surface area contributed by atoms with Crippen LogP contribution in [0.5, 0.6) is 0 Å². The van der Waals surface area contributed by atoms with Gasteiger partial charge >= 0.3 is 0 Å². The van der Waals surface area contributed by atoms with E-state index >= 15 is 0 Å². The summed E-state index contributed by atoms with van der Waals surface area (Å²) in [5.41, 5.74) is 5.89. The first kappa shape index (κ1) is 11.2. The van der Waals surface area contributed by atoms with Crippen molar-refractivity contribution in [2.75, 3.05) is 6.54 Å². The fraction of sp³-hybridized carbons (Fsp3) is 1.00. The Bertz CT molecular complexity index is 159. The Labute approximate surface area is 83.0 Å². The summed E-state index contributed by atoms with van der Waals surface area (Å²) in [6.45, 7) is 7.45. The van der Waals surface area contributed by atoms with Crippen LogP contribution >= 0.6 is 0 Å². The Kier molecular flexibility index (Phi) is 3.55. The van der Waals surface area contributed by atoms with Gasteiger partial charge in [-0.1, -0.05) is 19.3 Å². The maximum atomic E-state index is 6.23. The summed E-state index contributed by atoms with van der Waals surface area (Å²) in [4.78, 5) is 0. The Morgan fingerprint density at radius 2 is 1.69 bits per heavy atom. The molecule has 2 N–H and O–H groups in total. The predicted molar refractivity (Wildman–Crippen MR) is 59.3 cm³/mol. The molecular weight excluding hydrogens is 178 g/mol. The third kappa shape index (κ3) is 3.41. The minimum atomic E-state index is -1.42. The molecule has 0 aromatic rings. The second-order valence-electron chi connectivity index (χ2n) is 5.16. The van der Waals surface area contributed by atoms with Crippen LogP contribution in [0.25, 0.3) is 0 Å². The van der Waals surface area contributed by atoms with E-state index in [0.29, 0.717) is 6.54 Å². The Morgan fingerprint density at radius 3 is 2.08 bits per heavy atom. The zero-order chi connectivity index (χ0) is 9.95. The monoisotopic (exact) mass is 201 g/mol. The van der Waals surface area contributed by atoms with Crippen LogP contribution < -0.4 is 5.73 Å². The highest BCUT2D eigenvalue weighted by atomic mass is 28.4. The lowest BCUT2D eigenvalue weighted by molar-refractivity contribution is 0.0312. The van der Waals surface area contributed by atoms with Crippen molar-refractivity contribution in [3.63, 3.8) is 0 Å². The normalized spacial score (nSPS) is 23.1. The van der Waals surface area contributed by atoms with Crippen LogP contribution in [0.15, 0.2) is 0 Å². The van der Waals surface area contributed by atoms with Crippen LogP contribution in [0.3, 0.4) is 0 Å². The molecule has 0 aliphatic heterocycles. The molecule has 1 fully saturated rings. The predicted octanol–water partition coefficient (Wildman–Crippen LogP) is 2.50. The molecule has 13 heavy (non-hydrogen) atoms. The van der Waals surface area contributed by atoms with E-state index in [4.69, 9.17) is 10.2 Å². The largest absolute Gasteiger partial charge is 0.411 e. The second kappa shape index (κ2) is 4.11. The summed E-state index contributed by atoms with van der Waals surface area (Å²) in [6.07, 6.45) is 6.29. The van der Waals surface area contributed by atoms with Crippen molar-refractivity contribution in [2.24, 2.45) is 5.73 Å².